The van der Waals surface area contributed by atoms with Crippen LogP contribution in [-0.2, 0) is 20.2 Å². The number of anilines is 2. The van der Waals surface area contributed by atoms with E-state index in [4.69, 9.17) is 4.74 Å². The Kier molecular flexibility index (Phi) is 6.73. The highest BCUT2D eigenvalue weighted by Crippen LogP contribution is 2.55. The largest absolute Gasteiger partial charge is 0.491 e. The Labute approximate surface area is 229 Å². The number of nitrogens with zero attached hydrogens (tertiary/aromatic N) is 3. The number of hydrogen-bond acceptors (Lipinski definition) is 7. The normalized spacial score (nSPS) is 18.8. The summed E-state index contributed by atoms with van der Waals surface area (Å²) in [6, 6.07) is 11.7. The van der Waals surface area contributed by atoms with Crippen LogP contribution < -0.4 is 19.7 Å². The van der Waals surface area contributed by atoms with Crippen LogP contribution in [0.4, 0.5) is 11.4 Å². The Morgan fingerprint density at radius 2 is 1.85 bits per heavy atom. The number of hydrogen-bond donors (Lipinski definition) is 2. The second-order valence-corrected chi connectivity index (χ2v) is 12.7. The number of fused-ring (bicyclic) bond motifs is 4. The molecular weight excluding hydrogens is 514 g/mol. The molecule has 1 aromatic heterocycles. The SMILES string of the molecule is CN1C(=O)C2(CCC2)c2c1cnc1ccc(-c3ccc(OCCCN4CCNCC4)c(NS(C)(=O)=O)c3)cc21. The van der Waals surface area contributed by atoms with Crippen molar-refractivity contribution in [3.8, 4) is 16.9 Å². The van der Waals surface area contributed by atoms with Crippen LogP contribution in [-0.4, -0.2) is 76.8 Å². The molecule has 1 saturated carbocycles. The van der Waals surface area contributed by atoms with Crippen LogP contribution in [0.2, 0.25) is 0 Å². The van der Waals surface area contributed by atoms with Crippen molar-refractivity contribution in [1.82, 2.24) is 15.2 Å². The van der Waals surface area contributed by atoms with Crippen LogP contribution in [0.25, 0.3) is 22.0 Å². The van der Waals surface area contributed by atoms with Gasteiger partial charge in [-0.1, -0.05) is 18.6 Å². The van der Waals surface area contributed by atoms with Crippen molar-refractivity contribution in [2.45, 2.75) is 31.1 Å². The summed E-state index contributed by atoms with van der Waals surface area (Å²) in [5.41, 5.74) is 4.56. The molecule has 0 radical (unpaired) electrons. The summed E-state index contributed by atoms with van der Waals surface area (Å²) in [4.78, 5) is 22.0. The van der Waals surface area contributed by atoms with E-state index in [9.17, 15) is 13.2 Å². The zero-order valence-corrected chi connectivity index (χ0v) is 23.3. The van der Waals surface area contributed by atoms with Crippen molar-refractivity contribution in [2.24, 2.45) is 0 Å². The van der Waals surface area contributed by atoms with Gasteiger partial charge in [0.2, 0.25) is 15.9 Å². The van der Waals surface area contributed by atoms with E-state index < -0.39 is 15.4 Å². The van der Waals surface area contributed by atoms with Gasteiger partial charge in [-0.3, -0.25) is 14.5 Å². The third-order valence-corrected chi connectivity index (χ3v) is 8.89. The molecule has 3 heterocycles. The van der Waals surface area contributed by atoms with Gasteiger partial charge in [-0.25, -0.2) is 8.42 Å². The van der Waals surface area contributed by atoms with Crippen LogP contribution >= 0.6 is 0 Å². The van der Waals surface area contributed by atoms with Crippen molar-refractivity contribution in [3.05, 3.63) is 48.2 Å². The molecule has 1 aliphatic carbocycles. The summed E-state index contributed by atoms with van der Waals surface area (Å²) in [6.45, 7) is 5.53. The standard InChI is InChI=1S/C29H35N5O4S/c1-33-25-19-31-23-7-5-20(17-22(23)27(25)29(28(33)35)9-3-10-29)21-6-8-26(24(18-21)32-39(2,36)37)38-16-4-13-34-14-11-30-12-15-34/h5-8,17-19,30,32H,3-4,9-16H2,1-2H3. The smallest absolute Gasteiger partial charge is 0.237 e. The van der Waals surface area contributed by atoms with E-state index in [1.807, 2.05) is 43.6 Å². The number of sulfonamides is 1. The molecule has 2 aliphatic heterocycles. The summed E-state index contributed by atoms with van der Waals surface area (Å²) in [5, 5.41) is 4.34. The number of nitrogens with one attached hydrogen (secondary N) is 2. The van der Waals surface area contributed by atoms with Gasteiger partial charge in [0.25, 0.3) is 0 Å². The quantitative estimate of drug-likeness (QED) is 0.416. The van der Waals surface area contributed by atoms with Crippen LogP contribution in [0.3, 0.4) is 0 Å². The maximum Gasteiger partial charge on any atom is 0.237 e. The Morgan fingerprint density at radius 1 is 1.10 bits per heavy atom. The van der Waals surface area contributed by atoms with Gasteiger partial charge < -0.3 is 19.9 Å². The summed E-state index contributed by atoms with van der Waals surface area (Å²) in [6.07, 6.45) is 6.57. The minimum atomic E-state index is -3.51. The van der Waals surface area contributed by atoms with E-state index in [0.717, 1.165) is 97.9 Å². The molecule has 2 fully saturated rings. The van der Waals surface area contributed by atoms with Crippen molar-refractivity contribution in [1.29, 1.82) is 0 Å². The first-order valence-corrected chi connectivity index (χ1v) is 15.5. The van der Waals surface area contributed by atoms with E-state index in [1.165, 1.54) is 0 Å². The van der Waals surface area contributed by atoms with Crippen molar-refractivity contribution >= 4 is 38.2 Å². The van der Waals surface area contributed by atoms with Crippen molar-refractivity contribution < 1.29 is 17.9 Å². The Balaban J connectivity index is 1.30. The number of carbonyl (C=O) groups excluding carboxylic acids is 1. The second-order valence-electron chi connectivity index (χ2n) is 10.9. The molecule has 3 aromatic rings. The van der Waals surface area contributed by atoms with E-state index >= 15 is 0 Å². The van der Waals surface area contributed by atoms with Gasteiger partial charge in [0.15, 0.2) is 0 Å². The number of likely N-dealkylation sites (N-methyl/N-ethyl adjacent to an activating group) is 1. The number of carbonyl (C=O) groups is 1. The highest BCUT2D eigenvalue weighted by molar-refractivity contribution is 7.92. The minimum absolute atomic E-state index is 0.154. The molecule has 10 heteroatoms. The van der Waals surface area contributed by atoms with Crippen LogP contribution in [0, 0.1) is 0 Å². The zero-order valence-electron chi connectivity index (χ0n) is 22.5. The van der Waals surface area contributed by atoms with E-state index in [0.29, 0.717) is 18.0 Å². The predicted molar refractivity (Wildman–Crippen MR) is 154 cm³/mol. The molecule has 3 aliphatic rings. The molecule has 2 N–H and O–H groups in total. The number of ether oxygens (including phenoxy) is 1. The molecule has 0 bridgehead atoms. The first-order chi connectivity index (χ1) is 18.7. The molecular formula is C29H35N5O4S. The van der Waals surface area contributed by atoms with Crippen molar-refractivity contribution in [3.63, 3.8) is 0 Å². The van der Waals surface area contributed by atoms with E-state index in [2.05, 4.69) is 26.0 Å². The third kappa shape index (κ3) is 4.85. The Bertz CT molecular complexity index is 1530. The molecule has 0 unspecified atom stereocenters. The molecule has 39 heavy (non-hydrogen) atoms. The lowest BCUT2D eigenvalue weighted by Gasteiger charge is -2.37. The third-order valence-electron chi connectivity index (χ3n) is 8.30. The van der Waals surface area contributed by atoms with E-state index in [-0.39, 0.29) is 5.91 Å². The number of piperazine rings is 1. The van der Waals surface area contributed by atoms with Gasteiger partial charge in [0.05, 0.1) is 41.4 Å². The summed E-state index contributed by atoms with van der Waals surface area (Å²) in [5.74, 6) is 0.662. The Hall–Kier alpha value is -3.21. The lowest BCUT2D eigenvalue weighted by atomic mass is 9.64. The maximum atomic E-state index is 13.2. The zero-order chi connectivity index (χ0) is 27.2. The van der Waals surface area contributed by atoms with Gasteiger partial charge in [-0.15, -0.1) is 0 Å². The molecule has 9 nitrogen and oxygen atoms in total. The van der Waals surface area contributed by atoms with Gasteiger partial charge in [-0.2, -0.15) is 0 Å². The molecule has 6 rings (SSSR count). The van der Waals surface area contributed by atoms with Gasteiger partial charge >= 0.3 is 0 Å². The first-order valence-electron chi connectivity index (χ1n) is 13.6. The van der Waals surface area contributed by atoms with Crippen LogP contribution in [0.15, 0.2) is 42.6 Å². The summed E-state index contributed by atoms with van der Waals surface area (Å²) >= 11 is 0. The minimum Gasteiger partial charge on any atom is -0.491 e. The number of aromatic nitrogens is 1. The predicted octanol–water partition coefficient (Wildman–Crippen LogP) is 3.35. The number of benzene rings is 2. The monoisotopic (exact) mass is 549 g/mol. The summed E-state index contributed by atoms with van der Waals surface area (Å²) < 4.78 is 33.1. The summed E-state index contributed by atoms with van der Waals surface area (Å²) in [7, 11) is -1.68. The fourth-order valence-electron chi connectivity index (χ4n) is 6.17. The van der Waals surface area contributed by atoms with Crippen LogP contribution in [0.1, 0.15) is 31.2 Å². The molecule has 0 atom stereocenters. The van der Waals surface area contributed by atoms with Crippen LogP contribution in [0.5, 0.6) is 5.75 Å². The van der Waals surface area contributed by atoms with Gasteiger partial charge in [0.1, 0.15) is 5.75 Å². The van der Waals surface area contributed by atoms with Crippen molar-refractivity contribution in [2.75, 3.05) is 62.3 Å². The van der Waals surface area contributed by atoms with E-state index in [1.54, 1.807) is 4.90 Å². The number of rotatable bonds is 8. The average Bonchev–Trinajstić information content (AvgIpc) is 3.14. The highest BCUT2D eigenvalue weighted by atomic mass is 32.2. The molecule has 1 saturated heterocycles. The molecule has 2 aromatic carbocycles. The fraction of sp³-hybridized carbons (Fsp3) is 0.448. The highest BCUT2D eigenvalue weighted by Gasteiger charge is 2.54. The maximum absolute atomic E-state index is 13.2. The van der Waals surface area contributed by atoms with Gasteiger partial charge in [-0.05, 0) is 54.7 Å². The lowest BCUT2D eigenvalue weighted by molar-refractivity contribution is -0.125. The second kappa shape index (κ2) is 10.1. The fourth-order valence-corrected chi connectivity index (χ4v) is 6.73. The molecule has 1 amide bonds. The topological polar surface area (TPSA) is 104 Å². The lowest BCUT2D eigenvalue weighted by Crippen LogP contribution is -2.43. The molecule has 1 spiro atoms. The van der Waals surface area contributed by atoms with Gasteiger partial charge in [0, 0.05) is 50.7 Å². The average molecular weight is 550 g/mol. The Morgan fingerprint density at radius 3 is 2.56 bits per heavy atom. The number of amides is 1. The number of pyridine rings is 1. The molecule has 206 valence electrons. The first kappa shape index (κ1) is 26.0.